The molecule has 0 spiro atoms. The third-order valence-electron chi connectivity index (χ3n) is 2.00. The van der Waals surface area contributed by atoms with Crippen LogP contribution in [-0.4, -0.2) is 12.6 Å². The van der Waals surface area contributed by atoms with Crippen molar-refractivity contribution in [1.29, 1.82) is 0 Å². The van der Waals surface area contributed by atoms with E-state index in [1.807, 2.05) is 26.0 Å². The number of carbonyl (C=O) groups is 1. The van der Waals surface area contributed by atoms with Gasteiger partial charge in [0, 0.05) is 6.54 Å². The fourth-order valence-electron chi connectivity index (χ4n) is 1.19. The number of urea groups is 1. The normalized spacial score (nSPS) is 9.80. The minimum Gasteiger partial charge on any atom is -0.338 e. The molecule has 0 bridgehead atoms. The zero-order valence-electron chi connectivity index (χ0n) is 8.93. The summed E-state index contributed by atoms with van der Waals surface area (Å²) in [6.45, 7) is 4.57. The highest BCUT2D eigenvalue weighted by atomic mass is 35.5. The van der Waals surface area contributed by atoms with Gasteiger partial charge >= 0.3 is 6.03 Å². The van der Waals surface area contributed by atoms with E-state index in [1.165, 1.54) is 0 Å². The van der Waals surface area contributed by atoms with Crippen molar-refractivity contribution in [2.75, 3.05) is 11.9 Å². The summed E-state index contributed by atoms with van der Waals surface area (Å²) < 4.78 is 0. The SMILES string of the molecule is CCCNC(=O)Nc1c(C)cccc1Cl. The largest absolute Gasteiger partial charge is 0.338 e. The molecule has 1 aromatic carbocycles. The second-order valence-corrected chi connectivity index (χ2v) is 3.72. The molecule has 0 aromatic heterocycles. The van der Waals surface area contributed by atoms with Crippen molar-refractivity contribution < 1.29 is 4.79 Å². The summed E-state index contributed by atoms with van der Waals surface area (Å²) in [6.07, 6.45) is 0.912. The molecule has 0 aliphatic heterocycles. The molecule has 82 valence electrons. The van der Waals surface area contributed by atoms with Gasteiger partial charge in [0.05, 0.1) is 10.7 Å². The van der Waals surface area contributed by atoms with E-state index in [2.05, 4.69) is 10.6 Å². The molecule has 0 heterocycles. The summed E-state index contributed by atoms with van der Waals surface area (Å²) in [6, 6.07) is 5.30. The Kier molecular flexibility index (Phi) is 4.43. The summed E-state index contributed by atoms with van der Waals surface area (Å²) in [5.41, 5.74) is 1.63. The average Bonchev–Trinajstić information content (AvgIpc) is 2.21. The van der Waals surface area contributed by atoms with Crippen LogP contribution in [0.15, 0.2) is 18.2 Å². The Labute approximate surface area is 94.8 Å². The molecule has 0 atom stereocenters. The smallest absolute Gasteiger partial charge is 0.319 e. The molecule has 0 unspecified atom stereocenters. The van der Waals surface area contributed by atoms with E-state index in [4.69, 9.17) is 11.6 Å². The van der Waals surface area contributed by atoms with Gasteiger partial charge in [-0.05, 0) is 25.0 Å². The summed E-state index contributed by atoms with van der Waals surface area (Å²) in [7, 11) is 0. The number of carbonyl (C=O) groups excluding carboxylic acids is 1. The molecule has 2 amide bonds. The van der Waals surface area contributed by atoms with Gasteiger partial charge in [-0.15, -0.1) is 0 Å². The van der Waals surface area contributed by atoms with E-state index in [0.29, 0.717) is 17.3 Å². The van der Waals surface area contributed by atoms with Gasteiger partial charge in [-0.1, -0.05) is 30.7 Å². The highest BCUT2D eigenvalue weighted by molar-refractivity contribution is 6.33. The van der Waals surface area contributed by atoms with Gasteiger partial charge in [0.25, 0.3) is 0 Å². The Hall–Kier alpha value is -1.22. The van der Waals surface area contributed by atoms with Crippen LogP contribution in [0.1, 0.15) is 18.9 Å². The van der Waals surface area contributed by atoms with Gasteiger partial charge in [0.1, 0.15) is 0 Å². The number of rotatable bonds is 3. The van der Waals surface area contributed by atoms with Crippen LogP contribution >= 0.6 is 11.6 Å². The number of hydrogen-bond acceptors (Lipinski definition) is 1. The standard InChI is InChI=1S/C11H15ClN2O/c1-3-7-13-11(15)14-10-8(2)5-4-6-9(10)12/h4-6H,3,7H2,1-2H3,(H2,13,14,15). The number of aryl methyl sites for hydroxylation is 1. The predicted octanol–water partition coefficient (Wildman–Crippen LogP) is 3.18. The highest BCUT2D eigenvalue weighted by Crippen LogP contribution is 2.24. The van der Waals surface area contributed by atoms with Crippen LogP contribution in [0.5, 0.6) is 0 Å². The van der Waals surface area contributed by atoms with Crippen molar-refractivity contribution >= 4 is 23.3 Å². The minimum atomic E-state index is -0.215. The molecule has 3 nitrogen and oxygen atoms in total. The third-order valence-corrected chi connectivity index (χ3v) is 2.31. The first-order valence-corrected chi connectivity index (χ1v) is 5.33. The summed E-state index contributed by atoms with van der Waals surface area (Å²) in [5.74, 6) is 0. The molecule has 0 saturated carbocycles. The van der Waals surface area contributed by atoms with Crippen LogP contribution in [0.2, 0.25) is 5.02 Å². The Balaban J connectivity index is 2.68. The number of para-hydroxylation sites is 1. The van der Waals surface area contributed by atoms with Crippen molar-refractivity contribution in [2.24, 2.45) is 0 Å². The van der Waals surface area contributed by atoms with Gasteiger partial charge in [-0.3, -0.25) is 0 Å². The van der Waals surface area contributed by atoms with Crippen LogP contribution in [0, 0.1) is 6.92 Å². The molecule has 1 rings (SSSR count). The van der Waals surface area contributed by atoms with Crippen molar-refractivity contribution in [2.45, 2.75) is 20.3 Å². The van der Waals surface area contributed by atoms with E-state index < -0.39 is 0 Å². The van der Waals surface area contributed by atoms with E-state index >= 15 is 0 Å². The third kappa shape index (κ3) is 3.44. The van der Waals surface area contributed by atoms with Crippen LogP contribution in [-0.2, 0) is 0 Å². The maximum Gasteiger partial charge on any atom is 0.319 e. The molecule has 4 heteroatoms. The van der Waals surface area contributed by atoms with Crippen molar-refractivity contribution in [3.8, 4) is 0 Å². The second kappa shape index (κ2) is 5.61. The molecule has 0 aliphatic rings. The second-order valence-electron chi connectivity index (χ2n) is 3.31. The number of anilines is 1. The topological polar surface area (TPSA) is 41.1 Å². The van der Waals surface area contributed by atoms with Crippen molar-refractivity contribution in [3.05, 3.63) is 28.8 Å². The minimum absolute atomic E-state index is 0.215. The molecular formula is C11H15ClN2O. The summed E-state index contributed by atoms with van der Waals surface area (Å²) >= 11 is 5.97. The van der Waals surface area contributed by atoms with Crippen LogP contribution in [0.4, 0.5) is 10.5 Å². The maximum atomic E-state index is 11.4. The quantitative estimate of drug-likeness (QED) is 0.817. The Morgan fingerprint density at radius 2 is 2.20 bits per heavy atom. The van der Waals surface area contributed by atoms with Crippen molar-refractivity contribution in [1.82, 2.24) is 5.32 Å². The molecular weight excluding hydrogens is 212 g/mol. The van der Waals surface area contributed by atoms with Gasteiger partial charge in [0.15, 0.2) is 0 Å². The van der Waals surface area contributed by atoms with Gasteiger partial charge in [0.2, 0.25) is 0 Å². The lowest BCUT2D eigenvalue weighted by atomic mass is 10.2. The Morgan fingerprint density at radius 3 is 2.80 bits per heavy atom. The lowest BCUT2D eigenvalue weighted by Crippen LogP contribution is -2.29. The van der Waals surface area contributed by atoms with E-state index in [-0.39, 0.29) is 6.03 Å². The van der Waals surface area contributed by atoms with E-state index in [0.717, 1.165) is 12.0 Å². The zero-order chi connectivity index (χ0) is 11.3. The monoisotopic (exact) mass is 226 g/mol. The summed E-state index contributed by atoms with van der Waals surface area (Å²) in [5, 5.41) is 6.01. The van der Waals surface area contributed by atoms with Gasteiger partial charge < -0.3 is 10.6 Å². The first-order valence-electron chi connectivity index (χ1n) is 4.95. The average molecular weight is 227 g/mol. The first kappa shape index (κ1) is 11.9. The number of halogens is 1. The van der Waals surface area contributed by atoms with Gasteiger partial charge in [-0.2, -0.15) is 0 Å². The number of hydrogen-bond donors (Lipinski definition) is 2. The fourth-order valence-corrected chi connectivity index (χ4v) is 1.46. The van der Waals surface area contributed by atoms with E-state index in [9.17, 15) is 4.79 Å². The molecule has 0 saturated heterocycles. The highest BCUT2D eigenvalue weighted by Gasteiger charge is 2.06. The molecule has 2 N–H and O–H groups in total. The van der Waals surface area contributed by atoms with Crippen LogP contribution in [0.25, 0.3) is 0 Å². The molecule has 0 radical (unpaired) electrons. The predicted molar refractivity (Wildman–Crippen MR) is 63.5 cm³/mol. The van der Waals surface area contributed by atoms with Crippen molar-refractivity contribution in [3.63, 3.8) is 0 Å². The fraction of sp³-hybridized carbons (Fsp3) is 0.364. The number of amides is 2. The van der Waals surface area contributed by atoms with Crippen LogP contribution < -0.4 is 10.6 Å². The maximum absolute atomic E-state index is 11.4. The van der Waals surface area contributed by atoms with E-state index in [1.54, 1.807) is 6.07 Å². The molecule has 15 heavy (non-hydrogen) atoms. The zero-order valence-corrected chi connectivity index (χ0v) is 9.69. The summed E-state index contributed by atoms with van der Waals surface area (Å²) in [4.78, 5) is 11.4. The number of benzene rings is 1. The molecule has 1 aromatic rings. The Morgan fingerprint density at radius 1 is 1.47 bits per heavy atom. The lowest BCUT2D eigenvalue weighted by molar-refractivity contribution is 0.252. The first-order chi connectivity index (χ1) is 7.15. The number of nitrogens with one attached hydrogen (secondary N) is 2. The molecule has 0 aliphatic carbocycles. The van der Waals surface area contributed by atoms with Gasteiger partial charge in [-0.25, -0.2) is 4.79 Å². The lowest BCUT2D eigenvalue weighted by Gasteiger charge is -2.10. The molecule has 0 fully saturated rings. The Bertz CT molecular complexity index is 332. The van der Waals surface area contributed by atoms with Crippen LogP contribution in [0.3, 0.4) is 0 Å².